The van der Waals surface area contributed by atoms with Gasteiger partial charge in [0.15, 0.2) is 15.0 Å². The first-order chi connectivity index (χ1) is 11.9. The molecule has 0 amide bonds. The number of unbranched alkanes of at least 4 members (excludes halogenated alkanes) is 1. The molecule has 3 rings (SSSR count). The zero-order valence-corrected chi connectivity index (χ0v) is 16.7. The third-order valence-corrected chi connectivity index (χ3v) is 7.33. The number of hydrogen-bond acceptors (Lipinski definition) is 5. The van der Waals surface area contributed by atoms with Crippen LogP contribution < -0.4 is 0 Å². The minimum absolute atomic E-state index is 0.0590. The Morgan fingerprint density at radius 3 is 2.52 bits per heavy atom. The average molecular weight is 389 g/mol. The maximum absolute atomic E-state index is 12.2. The van der Waals surface area contributed by atoms with Crippen molar-refractivity contribution in [2.24, 2.45) is 0 Å². The van der Waals surface area contributed by atoms with E-state index in [1.807, 2.05) is 0 Å². The van der Waals surface area contributed by atoms with Crippen molar-refractivity contribution in [1.82, 2.24) is 19.8 Å². The summed E-state index contributed by atoms with van der Waals surface area (Å²) in [6.45, 7) is 7.70. The van der Waals surface area contributed by atoms with Crippen molar-refractivity contribution >= 4 is 21.4 Å². The van der Waals surface area contributed by atoms with Crippen LogP contribution >= 0.6 is 11.6 Å². The first-order valence-corrected chi connectivity index (χ1v) is 11.5. The minimum Gasteiger partial charge on any atom is -0.344 e. The molecule has 2 saturated heterocycles. The Kier molecular flexibility index (Phi) is 6.08. The zero-order chi connectivity index (χ0) is 18.0. The van der Waals surface area contributed by atoms with E-state index in [2.05, 4.69) is 33.6 Å². The summed E-state index contributed by atoms with van der Waals surface area (Å²) in [6.07, 6.45) is 4.16. The molecule has 6 nitrogen and oxygen atoms in total. The van der Waals surface area contributed by atoms with Crippen molar-refractivity contribution in [3.05, 3.63) is 16.7 Å². The van der Waals surface area contributed by atoms with Gasteiger partial charge >= 0.3 is 0 Å². The van der Waals surface area contributed by atoms with Crippen LogP contribution in [0.3, 0.4) is 0 Å². The molecule has 2 atom stereocenters. The van der Waals surface area contributed by atoms with Crippen LogP contribution in [0.15, 0.2) is 0 Å². The zero-order valence-electron chi connectivity index (χ0n) is 15.2. The van der Waals surface area contributed by atoms with Crippen molar-refractivity contribution in [2.75, 3.05) is 31.1 Å². The number of hydrogen-bond donors (Lipinski definition) is 1. The number of aryl methyl sites for hydroxylation is 1. The van der Waals surface area contributed by atoms with Gasteiger partial charge in [0.05, 0.1) is 17.2 Å². The van der Waals surface area contributed by atoms with Crippen LogP contribution in [-0.2, 0) is 22.8 Å². The SMILES string of the molecule is CCCCc1nc(Cl)c(CN2CCN(CCC)[C@H]3CS(=O)(=O)C[C@H]32)[nH]1. The molecule has 3 heterocycles. The number of piperazine rings is 1. The summed E-state index contributed by atoms with van der Waals surface area (Å²) < 4.78 is 24.5. The van der Waals surface area contributed by atoms with E-state index in [-0.39, 0.29) is 23.6 Å². The number of halogens is 1. The Bertz CT molecular complexity index is 691. The second-order valence-electron chi connectivity index (χ2n) is 7.27. The van der Waals surface area contributed by atoms with Gasteiger partial charge in [-0.15, -0.1) is 0 Å². The molecule has 2 aliphatic heterocycles. The molecular formula is C17H29ClN4O2S. The van der Waals surface area contributed by atoms with E-state index in [1.54, 1.807) is 0 Å². The number of fused-ring (bicyclic) bond motifs is 1. The summed E-state index contributed by atoms with van der Waals surface area (Å²) in [5.41, 5.74) is 0.916. The van der Waals surface area contributed by atoms with Crippen LogP contribution in [0, 0.1) is 0 Å². The van der Waals surface area contributed by atoms with Gasteiger partial charge in [0, 0.05) is 38.1 Å². The molecule has 0 spiro atoms. The molecule has 2 fully saturated rings. The molecular weight excluding hydrogens is 360 g/mol. The largest absolute Gasteiger partial charge is 0.344 e. The fraction of sp³-hybridized carbons (Fsp3) is 0.824. The van der Waals surface area contributed by atoms with E-state index in [0.717, 1.165) is 56.8 Å². The fourth-order valence-electron chi connectivity index (χ4n) is 4.07. The first kappa shape index (κ1) is 19.1. The molecule has 0 aromatic carbocycles. The smallest absolute Gasteiger partial charge is 0.153 e. The van der Waals surface area contributed by atoms with E-state index >= 15 is 0 Å². The van der Waals surface area contributed by atoms with Gasteiger partial charge in [-0.1, -0.05) is 31.9 Å². The van der Waals surface area contributed by atoms with Crippen LogP contribution in [0.5, 0.6) is 0 Å². The summed E-state index contributed by atoms with van der Waals surface area (Å²) in [5, 5.41) is 0.527. The quantitative estimate of drug-likeness (QED) is 0.774. The van der Waals surface area contributed by atoms with Crippen LogP contribution in [0.1, 0.15) is 44.6 Å². The number of H-pyrrole nitrogens is 1. The molecule has 0 unspecified atom stereocenters. The summed E-state index contributed by atoms with van der Waals surface area (Å²) >= 11 is 6.32. The van der Waals surface area contributed by atoms with Crippen LogP contribution in [-0.4, -0.2) is 71.4 Å². The van der Waals surface area contributed by atoms with Gasteiger partial charge in [-0.25, -0.2) is 13.4 Å². The lowest BCUT2D eigenvalue weighted by molar-refractivity contribution is 0.0399. The van der Waals surface area contributed by atoms with Gasteiger partial charge < -0.3 is 4.98 Å². The molecule has 0 aliphatic carbocycles. The number of nitrogens with one attached hydrogen (secondary N) is 1. The lowest BCUT2D eigenvalue weighted by atomic mass is 10.0. The molecule has 0 radical (unpaired) electrons. The second-order valence-corrected chi connectivity index (χ2v) is 9.79. The third kappa shape index (κ3) is 4.38. The number of aromatic nitrogens is 2. The van der Waals surface area contributed by atoms with Crippen molar-refractivity contribution in [1.29, 1.82) is 0 Å². The number of rotatable bonds is 7. The van der Waals surface area contributed by atoms with E-state index in [1.165, 1.54) is 0 Å². The Balaban J connectivity index is 1.73. The molecule has 142 valence electrons. The van der Waals surface area contributed by atoms with E-state index < -0.39 is 9.84 Å². The molecule has 25 heavy (non-hydrogen) atoms. The van der Waals surface area contributed by atoms with Gasteiger partial charge in [-0.3, -0.25) is 9.80 Å². The van der Waals surface area contributed by atoms with Gasteiger partial charge in [0.1, 0.15) is 5.82 Å². The van der Waals surface area contributed by atoms with E-state index in [4.69, 9.17) is 11.6 Å². The fourth-order valence-corrected chi connectivity index (χ4v) is 6.32. The van der Waals surface area contributed by atoms with E-state index in [9.17, 15) is 8.42 Å². The molecule has 8 heteroatoms. The van der Waals surface area contributed by atoms with E-state index in [0.29, 0.717) is 11.7 Å². The first-order valence-electron chi connectivity index (χ1n) is 9.35. The Morgan fingerprint density at radius 2 is 1.84 bits per heavy atom. The van der Waals surface area contributed by atoms with Gasteiger partial charge in [-0.2, -0.15) is 0 Å². The normalized spacial score (nSPS) is 26.8. The van der Waals surface area contributed by atoms with Crippen molar-refractivity contribution in [3.8, 4) is 0 Å². The Hall–Kier alpha value is -0.630. The summed E-state index contributed by atoms with van der Waals surface area (Å²) in [5.74, 6) is 1.47. The highest BCUT2D eigenvalue weighted by Gasteiger charge is 2.46. The summed E-state index contributed by atoms with van der Waals surface area (Å²) in [7, 11) is -2.96. The van der Waals surface area contributed by atoms with Gasteiger partial charge in [0.2, 0.25) is 0 Å². The van der Waals surface area contributed by atoms with Gasteiger partial charge in [0.25, 0.3) is 0 Å². The highest BCUT2D eigenvalue weighted by Crippen LogP contribution is 2.29. The predicted molar refractivity (Wildman–Crippen MR) is 101 cm³/mol. The van der Waals surface area contributed by atoms with Crippen molar-refractivity contribution in [3.63, 3.8) is 0 Å². The predicted octanol–water partition coefficient (Wildman–Crippen LogP) is 2.10. The second kappa shape index (κ2) is 7.94. The molecule has 0 saturated carbocycles. The topological polar surface area (TPSA) is 69.3 Å². The lowest BCUT2D eigenvalue weighted by Crippen LogP contribution is -2.58. The summed E-state index contributed by atoms with van der Waals surface area (Å²) in [6, 6.07) is 0.170. The lowest BCUT2D eigenvalue weighted by Gasteiger charge is -2.43. The van der Waals surface area contributed by atoms with Crippen molar-refractivity contribution < 1.29 is 8.42 Å². The highest BCUT2D eigenvalue weighted by molar-refractivity contribution is 7.91. The molecule has 1 aromatic rings. The average Bonchev–Trinajstić information content (AvgIpc) is 3.07. The number of nitrogens with zero attached hydrogens (tertiary/aromatic N) is 3. The molecule has 1 aromatic heterocycles. The van der Waals surface area contributed by atoms with Crippen molar-refractivity contribution in [2.45, 2.75) is 58.2 Å². The number of sulfone groups is 1. The van der Waals surface area contributed by atoms with Gasteiger partial charge in [-0.05, 0) is 19.4 Å². The number of imidazole rings is 1. The standard InChI is InChI=1S/C17H29ClN4O2S/c1-3-5-6-16-19-13(17(18)20-16)10-22-9-8-21(7-4-2)14-11-25(23,24)12-15(14)22/h14-15H,3-12H2,1-2H3,(H,19,20)/t14-,15+/m0/s1. The summed E-state index contributed by atoms with van der Waals surface area (Å²) in [4.78, 5) is 12.4. The Morgan fingerprint density at radius 1 is 1.16 bits per heavy atom. The van der Waals surface area contributed by atoms with Crippen LogP contribution in [0.25, 0.3) is 0 Å². The highest BCUT2D eigenvalue weighted by atomic mass is 35.5. The third-order valence-electron chi connectivity index (χ3n) is 5.32. The molecule has 1 N–H and O–H groups in total. The Labute approximate surface area is 155 Å². The molecule has 0 bridgehead atoms. The maximum Gasteiger partial charge on any atom is 0.153 e. The monoisotopic (exact) mass is 388 g/mol. The number of aromatic amines is 1. The maximum atomic E-state index is 12.2. The van der Waals surface area contributed by atoms with Crippen LogP contribution in [0.4, 0.5) is 0 Å². The minimum atomic E-state index is -2.96. The van der Waals surface area contributed by atoms with Crippen LogP contribution in [0.2, 0.25) is 5.15 Å². The molecule has 2 aliphatic rings.